The van der Waals surface area contributed by atoms with Crippen LogP contribution < -0.4 is 19.1 Å². The van der Waals surface area contributed by atoms with Crippen molar-refractivity contribution in [1.29, 1.82) is 0 Å². The number of methoxy groups -OCH3 is 1. The van der Waals surface area contributed by atoms with Gasteiger partial charge in [-0.15, -0.1) is 0 Å². The van der Waals surface area contributed by atoms with Gasteiger partial charge >= 0.3 is 6.09 Å². The molecule has 1 atom stereocenters. The lowest BCUT2D eigenvalue weighted by molar-refractivity contribution is -0.00968. The van der Waals surface area contributed by atoms with Gasteiger partial charge in [0, 0.05) is 50.1 Å². The minimum absolute atomic E-state index is 0.336. The molecule has 2 fully saturated rings. The fourth-order valence-corrected chi connectivity index (χ4v) is 5.33. The fourth-order valence-electron chi connectivity index (χ4n) is 5.33. The smallest absolute Gasteiger partial charge is 0.415 e. The van der Waals surface area contributed by atoms with Crippen LogP contribution in [0.25, 0.3) is 10.9 Å². The van der Waals surface area contributed by atoms with Crippen LogP contribution in [0.3, 0.4) is 0 Å². The summed E-state index contributed by atoms with van der Waals surface area (Å²) in [6, 6.07) is 13.1. The molecule has 0 saturated carbocycles. The Hall–Kier alpha value is -3.56. The Morgan fingerprint density at radius 3 is 2.69 bits per heavy atom. The van der Waals surface area contributed by atoms with Crippen LogP contribution in [-0.2, 0) is 4.74 Å². The molecule has 1 spiro atoms. The van der Waals surface area contributed by atoms with Gasteiger partial charge in [0.15, 0.2) is 11.5 Å². The van der Waals surface area contributed by atoms with Gasteiger partial charge in [-0.25, -0.2) is 4.79 Å². The molecule has 0 aliphatic carbocycles. The second-order valence-corrected chi connectivity index (χ2v) is 9.56. The first-order valence-electron chi connectivity index (χ1n) is 12.3. The number of piperidine rings is 1. The predicted molar refractivity (Wildman–Crippen MR) is 133 cm³/mol. The number of aliphatic hydroxyl groups excluding tert-OH is 1. The van der Waals surface area contributed by atoms with Crippen LogP contribution in [0.15, 0.2) is 48.7 Å². The minimum atomic E-state index is -0.669. The Bertz CT molecular complexity index is 1290. The molecule has 3 aliphatic rings. The highest BCUT2D eigenvalue weighted by Crippen LogP contribution is 2.40. The number of benzene rings is 2. The van der Waals surface area contributed by atoms with Crippen LogP contribution in [0.2, 0.25) is 0 Å². The number of aliphatic hydroxyl groups is 1. The van der Waals surface area contributed by atoms with Crippen molar-refractivity contribution >= 4 is 22.7 Å². The summed E-state index contributed by atoms with van der Waals surface area (Å²) in [5.41, 5.74) is 1.87. The number of rotatable bonds is 5. The van der Waals surface area contributed by atoms with E-state index in [4.69, 9.17) is 18.9 Å². The molecule has 1 unspecified atom stereocenters. The van der Waals surface area contributed by atoms with Crippen molar-refractivity contribution in [3.8, 4) is 17.2 Å². The third kappa shape index (κ3) is 4.18. The second kappa shape index (κ2) is 9.15. The van der Waals surface area contributed by atoms with Gasteiger partial charge in [-0.1, -0.05) is 0 Å². The van der Waals surface area contributed by atoms with Crippen molar-refractivity contribution in [2.45, 2.75) is 24.5 Å². The van der Waals surface area contributed by atoms with E-state index in [-0.39, 0.29) is 6.09 Å². The largest absolute Gasteiger partial charge is 0.497 e. The van der Waals surface area contributed by atoms with E-state index in [0.717, 1.165) is 41.0 Å². The van der Waals surface area contributed by atoms with Crippen molar-refractivity contribution in [3.63, 3.8) is 0 Å². The summed E-state index contributed by atoms with van der Waals surface area (Å²) in [4.78, 5) is 21.1. The Morgan fingerprint density at radius 1 is 1.08 bits per heavy atom. The van der Waals surface area contributed by atoms with Gasteiger partial charge in [-0.05, 0) is 42.0 Å². The second-order valence-electron chi connectivity index (χ2n) is 9.56. The average Bonchev–Trinajstić information content (AvgIpc) is 3.24. The number of β-amino-alcohol motifs (C(OH)–C–C–N with tert-alkyl or cyclic N) is 1. The number of hydrogen-bond donors (Lipinski definition) is 1. The molecule has 3 aliphatic heterocycles. The normalized spacial score (nSPS) is 19.9. The lowest BCUT2D eigenvalue weighted by Crippen LogP contribution is -2.47. The van der Waals surface area contributed by atoms with Crippen LogP contribution >= 0.6 is 0 Å². The first-order chi connectivity index (χ1) is 17.5. The number of fused-ring (bicyclic) bond motifs is 2. The molecule has 4 heterocycles. The van der Waals surface area contributed by atoms with Crippen LogP contribution in [0, 0.1) is 0 Å². The topological polar surface area (TPSA) is 93.6 Å². The molecule has 0 bridgehead atoms. The number of carbonyl (C=O) groups is 1. The number of amides is 1. The van der Waals surface area contributed by atoms with Gasteiger partial charge in [0.2, 0.25) is 0 Å². The third-order valence-electron chi connectivity index (χ3n) is 7.35. The van der Waals surface area contributed by atoms with Crippen molar-refractivity contribution in [3.05, 3.63) is 54.2 Å². The van der Waals surface area contributed by atoms with Crippen LogP contribution in [0.5, 0.6) is 17.2 Å². The average molecular weight is 492 g/mol. The summed E-state index contributed by atoms with van der Waals surface area (Å²) >= 11 is 0. The van der Waals surface area contributed by atoms with E-state index in [0.29, 0.717) is 50.6 Å². The Balaban J connectivity index is 1.11. The monoisotopic (exact) mass is 491 g/mol. The molecule has 6 rings (SSSR count). The number of anilines is 1. The predicted octanol–water partition coefficient (Wildman–Crippen LogP) is 3.54. The van der Waals surface area contributed by atoms with E-state index in [9.17, 15) is 9.90 Å². The van der Waals surface area contributed by atoms with E-state index >= 15 is 0 Å². The first kappa shape index (κ1) is 22.9. The van der Waals surface area contributed by atoms with Gasteiger partial charge < -0.3 is 29.0 Å². The maximum atomic E-state index is 12.8. The van der Waals surface area contributed by atoms with Crippen molar-refractivity contribution < 1.29 is 28.8 Å². The molecule has 9 nitrogen and oxygen atoms in total. The standard InChI is InChI=1S/C27H29N3O6/c1-33-19-3-4-22-21(15-19)20(6-9-28-22)23(31)16-29-10-7-27(8-11-29)17-30(26(32)36-27)18-2-5-24-25(14-18)35-13-12-34-24/h2-6,9,14-15,23,31H,7-8,10-13,16-17H2,1H3. The quantitative estimate of drug-likeness (QED) is 0.579. The summed E-state index contributed by atoms with van der Waals surface area (Å²) in [6.45, 7) is 3.47. The molecular weight excluding hydrogens is 462 g/mol. The van der Waals surface area contributed by atoms with Gasteiger partial charge in [0.25, 0.3) is 0 Å². The van der Waals surface area contributed by atoms with Gasteiger partial charge in [0.1, 0.15) is 24.6 Å². The number of ether oxygens (including phenoxy) is 4. The lowest BCUT2D eigenvalue weighted by atomic mass is 9.90. The third-order valence-corrected chi connectivity index (χ3v) is 7.35. The number of pyridine rings is 1. The molecule has 1 aromatic heterocycles. The number of carbonyl (C=O) groups excluding carboxylic acids is 1. The maximum absolute atomic E-state index is 12.8. The van der Waals surface area contributed by atoms with Crippen molar-refractivity contribution in [2.75, 3.05) is 51.4 Å². The van der Waals surface area contributed by atoms with E-state index < -0.39 is 11.7 Å². The van der Waals surface area contributed by atoms with Gasteiger partial charge in [-0.3, -0.25) is 9.88 Å². The zero-order valence-corrected chi connectivity index (χ0v) is 20.2. The molecule has 2 saturated heterocycles. The molecule has 0 radical (unpaired) electrons. The summed E-state index contributed by atoms with van der Waals surface area (Å²) in [5.74, 6) is 2.08. The summed E-state index contributed by atoms with van der Waals surface area (Å²) in [7, 11) is 1.63. The number of nitrogens with zero attached hydrogens (tertiary/aromatic N) is 3. The number of likely N-dealkylation sites (tertiary alicyclic amines) is 1. The molecular formula is C27H29N3O6. The molecule has 36 heavy (non-hydrogen) atoms. The summed E-state index contributed by atoms with van der Waals surface area (Å²) in [6.07, 6.45) is 2.13. The summed E-state index contributed by atoms with van der Waals surface area (Å²) in [5, 5.41) is 12.0. The Labute approximate surface area is 209 Å². The van der Waals surface area contributed by atoms with Crippen LogP contribution in [-0.4, -0.2) is 73.2 Å². The highest BCUT2D eigenvalue weighted by Gasteiger charge is 2.47. The Morgan fingerprint density at radius 2 is 1.89 bits per heavy atom. The summed E-state index contributed by atoms with van der Waals surface area (Å²) < 4.78 is 22.6. The molecule has 1 amide bonds. The van der Waals surface area contributed by atoms with E-state index in [1.54, 1.807) is 18.2 Å². The lowest BCUT2D eigenvalue weighted by Gasteiger charge is -2.38. The van der Waals surface area contributed by atoms with Gasteiger partial charge in [0.05, 0.1) is 31.0 Å². The Kier molecular flexibility index (Phi) is 5.81. The highest BCUT2D eigenvalue weighted by atomic mass is 16.6. The maximum Gasteiger partial charge on any atom is 0.415 e. The fraction of sp³-hybridized carbons (Fsp3) is 0.407. The zero-order chi connectivity index (χ0) is 24.7. The zero-order valence-electron chi connectivity index (χ0n) is 20.2. The van der Waals surface area contributed by atoms with E-state index in [1.165, 1.54) is 0 Å². The number of aromatic nitrogens is 1. The van der Waals surface area contributed by atoms with Crippen LogP contribution in [0.1, 0.15) is 24.5 Å². The number of hydrogen-bond acceptors (Lipinski definition) is 8. The SMILES string of the molecule is COc1ccc2nccc(C(O)CN3CCC4(CC3)CN(c3ccc5c(c3)OCCO5)C(=O)O4)c2c1. The molecule has 9 heteroatoms. The highest BCUT2D eigenvalue weighted by molar-refractivity contribution is 5.91. The van der Waals surface area contributed by atoms with Crippen LogP contribution in [0.4, 0.5) is 10.5 Å². The van der Waals surface area contributed by atoms with Gasteiger partial charge in [-0.2, -0.15) is 0 Å². The van der Waals surface area contributed by atoms with Crippen molar-refractivity contribution in [2.24, 2.45) is 0 Å². The van der Waals surface area contributed by atoms with Crippen molar-refractivity contribution in [1.82, 2.24) is 9.88 Å². The molecule has 3 aromatic rings. The molecule has 1 N–H and O–H groups in total. The first-order valence-corrected chi connectivity index (χ1v) is 12.3. The molecule has 188 valence electrons. The van der Waals surface area contributed by atoms with E-state index in [2.05, 4.69) is 9.88 Å². The van der Waals surface area contributed by atoms with E-state index in [1.807, 2.05) is 42.5 Å². The minimum Gasteiger partial charge on any atom is -0.497 e. The molecule has 2 aromatic carbocycles.